The lowest BCUT2D eigenvalue weighted by atomic mass is 10.1. The number of hydrogen-bond acceptors (Lipinski definition) is 6. The molecule has 1 aromatic heterocycles. The Bertz CT molecular complexity index is 1640. The van der Waals surface area contributed by atoms with Crippen molar-refractivity contribution < 1.29 is 37.5 Å². The molecule has 2 N–H and O–H groups in total. The number of aliphatic hydroxyl groups is 1. The van der Waals surface area contributed by atoms with E-state index in [1.807, 2.05) is 14.1 Å². The predicted octanol–water partition coefficient (Wildman–Crippen LogP) is 3.02. The Balaban J connectivity index is 1.21. The molecule has 240 valence electrons. The second kappa shape index (κ2) is 12.7. The number of halogens is 3. The van der Waals surface area contributed by atoms with Gasteiger partial charge in [0.1, 0.15) is 0 Å². The SMILES string of the molecule is COc1ccc(-c2cnc(C(=O)Nc3ccc(C(=O)N4CCN(C(=O)[C@@H]5C[C@@H](CO)C[N+]5(C)C)CC4)c(Cl)c3)n2C)c(F)c1F. The van der Waals surface area contributed by atoms with Crippen LogP contribution in [-0.2, 0) is 11.8 Å². The van der Waals surface area contributed by atoms with Gasteiger partial charge in [-0.15, -0.1) is 0 Å². The largest absolute Gasteiger partial charge is 0.494 e. The minimum absolute atomic E-state index is 0.0438. The van der Waals surface area contributed by atoms with Gasteiger partial charge in [-0.05, 0) is 30.3 Å². The normalized spacial score (nSPS) is 19.5. The number of nitrogens with zero attached hydrogens (tertiary/aromatic N) is 5. The Morgan fingerprint density at radius 2 is 1.78 bits per heavy atom. The number of carbonyl (C=O) groups excluding carboxylic acids is 3. The number of rotatable bonds is 7. The molecule has 2 aromatic carbocycles. The van der Waals surface area contributed by atoms with Crippen LogP contribution in [0, 0.1) is 17.6 Å². The lowest BCUT2D eigenvalue weighted by Crippen LogP contribution is -2.58. The fraction of sp³-hybridized carbons (Fsp3) is 0.419. The summed E-state index contributed by atoms with van der Waals surface area (Å²) in [6, 6.07) is 6.92. The Morgan fingerprint density at radius 1 is 1.09 bits per heavy atom. The molecule has 2 fully saturated rings. The predicted molar refractivity (Wildman–Crippen MR) is 163 cm³/mol. The van der Waals surface area contributed by atoms with Crippen LogP contribution in [0.15, 0.2) is 36.5 Å². The molecule has 45 heavy (non-hydrogen) atoms. The van der Waals surface area contributed by atoms with E-state index in [0.29, 0.717) is 42.8 Å². The number of aliphatic hydroxyl groups excluding tert-OH is 1. The molecule has 0 spiro atoms. The van der Waals surface area contributed by atoms with Crippen LogP contribution in [0.3, 0.4) is 0 Å². The molecule has 0 aliphatic carbocycles. The zero-order chi connectivity index (χ0) is 32.6. The lowest BCUT2D eigenvalue weighted by Gasteiger charge is -2.38. The van der Waals surface area contributed by atoms with Crippen LogP contribution >= 0.6 is 11.6 Å². The van der Waals surface area contributed by atoms with Gasteiger partial charge in [-0.3, -0.25) is 14.4 Å². The van der Waals surface area contributed by atoms with Crippen molar-refractivity contribution in [2.75, 3.05) is 65.9 Å². The first-order valence-corrected chi connectivity index (χ1v) is 14.9. The summed E-state index contributed by atoms with van der Waals surface area (Å²) in [5.41, 5.74) is 0.655. The van der Waals surface area contributed by atoms with Gasteiger partial charge in [-0.25, -0.2) is 9.37 Å². The summed E-state index contributed by atoms with van der Waals surface area (Å²) >= 11 is 6.48. The van der Waals surface area contributed by atoms with E-state index in [2.05, 4.69) is 10.3 Å². The van der Waals surface area contributed by atoms with Crippen molar-refractivity contribution in [2.24, 2.45) is 13.0 Å². The summed E-state index contributed by atoms with van der Waals surface area (Å²) in [7, 11) is 6.74. The first-order valence-electron chi connectivity index (χ1n) is 14.5. The Morgan fingerprint density at radius 3 is 2.40 bits per heavy atom. The summed E-state index contributed by atoms with van der Waals surface area (Å²) in [4.78, 5) is 47.1. The molecule has 0 unspecified atom stereocenters. The Labute approximate surface area is 264 Å². The van der Waals surface area contributed by atoms with Crippen molar-refractivity contribution >= 4 is 35.0 Å². The van der Waals surface area contributed by atoms with Gasteiger partial charge in [-0.2, -0.15) is 4.39 Å². The topological polar surface area (TPSA) is 117 Å². The molecular formula is C31H36ClF2N6O5+. The van der Waals surface area contributed by atoms with Crippen molar-refractivity contribution in [2.45, 2.75) is 12.5 Å². The third kappa shape index (κ3) is 6.24. The molecule has 0 bridgehead atoms. The van der Waals surface area contributed by atoms with Gasteiger partial charge in [0.2, 0.25) is 5.82 Å². The maximum absolute atomic E-state index is 14.7. The molecule has 5 rings (SSSR count). The van der Waals surface area contributed by atoms with Crippen LogP contribution in [-0.4, -0.2) is 113 Å². The lowest BCUT2D eigenvalue weighted by molar-refractivity contribution is -0.894. The van der Waals surface area contributed by atoms with Crippen LogP contribution in [0.5, 0.6) is 5.75 Å². The third-order valence-corrected chi connectivity index (χ3v) is 9.05. The van der Waals surface area contributed by atoms with Gasteiger partial charge in [0.25, 0.3) is 17.7 Å². The molecule has 11 nitrogen and oxygen atoms in total. The summed E-state index contributed by atoms with van der Waals surface area (Å²) in [5, 5.41) is 12.4. The van der Waals surface area contributed by atoms with E-state index in [1.54, 1.807) is 9.80 Å². The number of aromatic nitrogens is 2. The van der Waals surface area contributed by atoms with Gasteiger partial charge in [0, 0.05) is 56.8 Å². The van der Waals surface area contributed by atoms with Crippen LogP contribution in [0.25, 0.3) is 11.3 Å². The summed E-state index contributed by atoms with van der Waals surface area (Å²) in [6.07, 6.45) is 1.91. The molecule has 3 aromatic rings. The Kier molecular flexibility index (Phi) is 9.15. The smallest absolute Gasteiger partial charge is 0.291 e. The van der Waals surface area contributed by atoms with Gasteiger partial charge in [-0.1, -0.05) is 11.6 Å². The number of ether oxygens (including phenoxy) is 1. The number of nitrogens with one attached hydrogen (secondary N) is 1. The molecule has 2 aliphatic rings. The van der Waals surface area contributed by atoms with Crippen LogP contribution < -0.4 is 10.1 Å². The van der Waals surface area contributed by atoms with Gasteiger partial charge >= 0.3 is 0 Å². The average molecular weight is 646 g/mol. The van der Waals surface area contributed by atoms with Crippen molar-refractivity contribution in [3.05, 3.63) is 64.6 Å². The number of likely N-dealkylation sites (tertiary alicyclic amines) is 1. The maximum Gasteiger partial charge on any atom is 0.291 e. The van der Waals surface area contributed by atoms with Crippen molar-refractivity contribution in [1.29, 1.82) is 0 Å². The minimum atomic E-state index is -1.15. The highest BCUT2D eigenvalue weighted by atomic mass is 35.5. The number of methoxy groups -OCH3 is 1. The van der Waals surface area contributed by atoms with E-state index in [1.165, 1.54) is 55.3 Å². The number of hydrogen-bond donors (Lipinski definition) is 2. The number of amides is 3. The standard InChI is InChI=1S/C31H35ClF2N6O5/c1-37-23(21-7-8-25(45-4)27(34)26(21)33)15-35-28(37)29(42)36-19-5-6-20(22(32)14-19)30(43)38-9-11-39(12-10-38)31(44)24-13-18(17-41)16-40(24,2)3/h5-8,14-15,18,24,41H,9-13,16-17H2,1-4H3/p+1/t18-,24+/m1/s1. The molecule has 3 heterocycles. The third-order valence-electron chi connectivity index (χ3n) is 8.74. The number of imidazole rings is 1. The molecule has 2 aliphatic heterocycles. The van der Waals surface area contributed by atoms with Crippen molar-refractivity contribution in [1.82, 2.24) is 19.4 Å². The quantitative estimate of drug-likeness (QED) is 0.382. The van der Waals surface area contributed by atoms with E-state index in [0.717, 1.165) is 6.54 Å². The molecule has 0 radical (unpaired) electrons. The first kappa shape index (κ1) is 32.3. The zero-order valence-corrected chi connectivity index (χ0v) is 26.3. The number of anilines is 1. The molecule has 2 atom stereocenters. The number of benzene rings is 2. The summed E-state index contributed by atoms with van der Waals surface area (Å²) in [6.45, 7) is 2.31. The van der Waals surface area contributed by atoms with E-state index < -0.39 is 17.5 Å². The van der Waals surface area contributed by atoms with Crippen molar-refractivity contribution in [3.8, 4) is 17.0 Å². The number of carbonyl (C=O) groups is 3. The van der Waals surface area contributed by atoms with E-state index in [4.69, 9.17) is 16.3 Å². The Hall–Kier alpha value is -4.07. The van der Waals surface area contributed by atoms with Crippen LogP contribution in [0.1, 0.15) is 27.4 Å². The summed E-state index contributed by atoms with van der Waals surface area (Å²) < 4.78 is 35.6. The summed E-state index contributed by atoms with van der Waals surface area (Å²) in [5.74, 6) is -3.34. The fourth-order valence-corrected chi connectivity index (χ4v) is 6.48. The van der Waals surface area contributed by atoms with Crippen LogP contribution in [0.2, 0.25) is 5.02 Å². The van der Waals surface area contributed by atoms with Gasteiger partial charge < -0.3 is 34.0 Å². The molecular weight excluding hydrogens is 610 g/mol. The number of piperazine rings is 1. The number of likely N-dealkylation sites (N-methyl/N-ethyl adjacent to an activating group) is 1. The second-order valence-corrected chi connectivity index (χ2v) is 12.4. The van der Waals surface area contributed by atoms with Gasteiger partial charge in [0.15, 0.2) is 23.4 Å². The highest BCUT2D eigenvalue weighted by Crippen LogP contribution is 2.31. The average Bonchev–Trinajstić information content (AvgIpc) is 3.56. The van der Waals surface area contributed by atoms with E-state index in [9.17, 15) is 28.3 Å². The molecule has 3 amide bonds. The molecule has 14 heteroatoms. The fourth-order valence-electron chi connectivity index (χ4n) is 6.22. The molecule has 2 saturated heterocycles. The molecule has 0 saturated carbocycles. The minimum Gasteiger partial charge on any atom is -0.494 e. The monoisotopic (exact) mass is 645 g/mol. The zero-order valence-electron chi connectivity index (χ0n) is 25.5. The van der Waals surface area contributed by atoms with Crippen LogP contribution in [0.4, 0.5) is 14.5 Å². The van der Waals surface area contributed by atoms with E-state index >= 15 is 0 Å². The highest BCUT2D eigenvalue weighted by molar-refractivity contribution is 6.34. The van der Waals surface area contributed by atoms with Gasteiger partial charge in [0.05, 0.1) is 56.8 Å². The van der Waals surface area contributed by atoms with Crippen molar-refractivity contribution in [3.63, 3.8) is 0 Å². The number of quaternary nitrogens is 1. The first-order chi connectivity index (χ1) is 21.4. The maximum atomic E-state index is 14.7. The highest BCUT2D eigenvalue weighted by Gasteiger charge is 2.47. The second-order valence-electron chi connectivity index (χ2n) is 12.0. The van der Waals surface area contributed by atoms with E-state index in [-0.39, 0.29) is 63.8 Å².